The number of nitrogens with one attached hydrogen (secondary N) is 1. The van der Waals surface area contributed by atoms with E-state index in [0.717, 1.165) is 41.8 Å². The summed E-state index contributed by atoms with van der Waals surface area (Å²) in [6.07, 6.45) is 2.41. The Balaban J connectivity index is 1.06. The van der Waals surface area contributed by atoms with Gasteiger partial charge >= 0.3 is 0 Å². The molecule has 40 heavy (non-hydrogen) atoms. The predicted molar refractivity (Wildman–Crippen MR) is 162 cm³/mol. The Morgan fingerprint density at radius 3 is 2.10 bits per heavy atom. The highest BCUT2D eigenvalue weighted by atomic mass is 19.1. The molecule has 0 aliphatic carbocycles. The molecular weight excluding hydrogens is 495 g/mol. The molecule has 1 N–H and O–H groups in total. The average molecular weight is 529 g/mol. The van der Waals surface area contributed by atoms with E-state index in [1.165, 1.54) is 47.1 Å². The third-order valence-electron chi connectivity index (χ3n) is 8.03. The number of hydrogen-bond donors (Lipinski definition) is 1. The number of hydrogen-bond acceptors (Lipinski definition) is 2. The summed E-state index contributed by atoms with van der Waals surface area (Å²) in [5.41, 5.74) is 7.31. The van der Waals surface area contributed by atoms with Gasteiger partial charge in [-0.05, 0) is 114 Å². The lowest BCUT2D eigenvalue weighted by Gasteiger charge is -2.32. The Morgan fingerprint density at radius 2 is 1.40 bits per heavy atom. The maximum atomic E-state index is 13.2. The lowest BCUT2D eigenvalue weighted by Crippen LogP contribution is -2.32. The van der Waals surface area contributed by atoms with Crippen LogP contribution in [0.1, 0.15) is 45.8 Å². The molecule has 4 heteroatoms. The van der Waals surface area contributed by atoms with Gasteiger partial charge in [-0.3, -0.25) is 9.69 Å². The SMILES string of the molecule is Cc1ccc(C2CCN(Cc3ccc4cc(NC(=O)c5ccc(-c6ccc(F)cc6)cc5)ccc4c3)CC2)cc1. The van der Waals surface area contributed by atoms with Crippen molar-refractivity contribution in [1.82, 2.24) is 4.90 Å². The third kappa shape index (κ3) is 5.98. The van der Waals surface area contributed by atoms with Gasteiger partial charge in [-0.25, -0.2) is 4.39 Å². The van der Waals surface area contributed by atoms with E-state index in [1.807, 2.05) is 24.3 Å². The molecule has 1 aliphatic rings. The number of piperidine rings is 1. The summed E-state index contributed by atoms with van der Waals surface area (Å²) >= 11 is 0. The molecule has 5 aromatic carbocycles. The molecule has 0 unspecified atom stereocenters. The van der Waals surface area contributed by atoms with Crippen LogP contribution in [0, 0.1) is 12.7 Å². The maximum absolute atomic E-state index is 13.2. The normalized spacial score (nSPS) is 14.3. The second-order valence-corrected chi connectivity index (χ2v) is 10.9. The number of amides is 1. The number of carbonyl (C=O) groups excluding carboxylic acids is 1. The number of halogens is 1. The van der Waals surface area contributed by atoms with Crippen LogP contribution in [0.4, 0.5) is 10.1 Å². The van der Waals surface area contributed by atoms with Crippen molar-refractivity contribution in [3.8, 4) is 11.1 Å². The Hall–Kier alpha value is -4.28. The second kappa shape index (κ2) is 11.4. The van der Waals surface area contributed by atoms with Crippen molar-refractivity contribution in [3.63, 3.8) is 0 Å². The van der Waals surface area contributed by atoms with Crippen molar-refractivity contribution >= 4 is 22.4 Å². The number of anilines is 1. The molecule has 0 aromatic heterocycles. The van der Waals surface area contributed by atoms with Crippen molar-refractivity contribution in [2.45, 2.75) is 32.2 Å². The zero-order valence-corrected chi connectivity index (χ0v) is 22.7. The Labute approximate surface area is 235 Å². The van der Waals surface area contributed by atoms with Crippen molar-refractivity contribution < 1.29 is 9.18 Å². The number of rotatable bonds is 6. The fourth-order valence-corrected chi connectivity index (χ4v) is 5.65. The molecule has 5 aromatic rings. The summed E-state index contributed by atoms with van der Waals surface area (Å²) in [4.78, 5) is 15.4. The Bertz CT molecular complexity index is 1620. The zero-order valence-electron chi connectivity index (χ0n) is 22.7. The van der Waals surface area contributed by atoms with Gasteiger partial charge in [0.25, 0.3) is 5.91 Å². The van der Waals surface area contributed by atoms with Crippen LogP contribution in [0.25, 0.3) is 21.9 Å². The zero-order chi connectivity index (χ0) is 27.5. The summed E-state index contributed by atoms with van der Waals surface area (Å²) in [6.45, 7) is 5.34. The monoisotopic (exact) mass is 528 g/mol. The number of carbonyl (C=O) groups is 1. The van der Waals surface area contributed by atoms with Gasteiger partial charge in [0.15, 0.2) is 0 Å². The van der Waals surface area contributed by atoms with Crippen LogP contribution in [0.2, 0.25) is 0 Å². The van der Waals surface area contributed by atoms with Gasteiger partial charge in [0.2, 0.25) is 0 Å². The van der Waals surface area contributed by atoms with E-state index in [0.29, 0.717) is 11.5 Å². The highest BCUT2D eigenvalue weighted by Gasteiger charge is 2.20. The highest BCUT2D eigenvalue weighted by Crippen LogP contribution is 2.29. The number of fused-ring (bicyclic) bond motifs is 1. The van der Waals surface area contributed by atoms with Crippen LogP contribution in [0.5, 0.6) is 0 Å². The van der Waals surface area contributed by atoms with Gasteiger partial charge in [0.05, 0.1) is 0 Å². The van der Waals surface area contributed by atoms with Crippen molar-refractivity contribution in [2.75, 3.05) is 18.4 Å². The number of benzene rings is 5. The molecule has 1 heterocycles. The molecule has 1 amide bonds. The maximum Gasteiger partial charge on any atom is 0.255 e. The first-order valence-corrected chi connectivity index (χ1v) is 14.0. The minimum Gasteiger partial charge on any atom is -0.322 e. The van der Waals surface area contributed by atoms with Gasteiger partial charge in [-0.2, -0.15) is 0 Å². The first kappa shape index (κ1) is 26.0. The third-order valence-corrected chi connectivity index (χ3v) is 8.03. The predicted octanol–water partition coefficient (Wildman–Crippen LogP) is 8.59. The van der Waals surface area contributed by atoms with E-state index in [1.54, 1.807) is 24.3 Å². The van der Waals surface area contributed by atoms with Crippen LogP contribution in [-0.2, 0) is 6.54 Å². The minimum absolute atomic E-state index is 0.157. The molecule has 6 rings (SSSR count). The standard InChI is InChI=1S/C36H33FN2O/c1-25-2-5-27(6-3-25)30-18-20-39(21-19-30)24-26-4-7-33-23-35(17-14-32(33)22-26)38-36(40)31-10-8-28(9-11-31)29-12-15-34(37)16-13-29/h2-17,22-23,30H,18-21,24H2,1H3,(H,38,40). The lowest BCUT2D eigenvalue weighted by molar-refractivity contribution is 0.102. The van der Waals surface area contributed by atoms with Crippen LogP contribution >= 0.6 is 0 Å². The van der Waals surface area contributed by atoms with Gasteiger partial charge in [-0.15, -0.1) is 0 Å². The Morgan fingerprint density at radius 1 is 0.775 bits per heavy atom. The molecular formula is C36H33FN2O. The molecule has 1 saturated heterocycles. The quantitative estimate of drug-likeness (QED) is 0.239. The second-order valence-electron chi connectivity index (χ2n) is 10.9. The van der Waals surface area contributed by atoms with E-state index in [-0.39, 0.29) is 11.7 Å². The van der Waals surface area contributed by atoms with Gasteiger partial charge in [0.1, 0.15) is 5.82 Å². The highest BCUT2D eigenvalue weighted by molar-refractivity contribution is 6.05. The fraction of sp³-hybridized carbons (Fsp3) is 0.194. The van der Waals surface area contributed by atoms with Crippen molar-refractivity contribution in [3.05, 3.63) is 137 Å². The van der Waals surface area contributed by atoms with Crippen LogP contribution in [0.3, 0.4) is 0 Å². The molecule has 0 saturated carbocycles. The molecule has 0 bridgehead atoms. The van der Waals surface area contributed by atoms with E-state index in [2.05, 4.69) is 65.7 Å². The van der Waals surface area contributed by atoms with Gasteiger partial charge < -0.3 is 5.32 Å². The van der Waals surface area contributed by atoms with Crippen LogP contribution in [0.15, 0.2) is 109 Å². The molecule has 0 radical (unpaired) electrons. The van der Waals surface area contributed by atoms with Gasteiger partial charge in [0, 0.05) is 17.8 Å². The first-order valence-electron chi connectivity index (χ1n) is 14.0. The first-order chi connectivity index (χ1) is 19.5. The number of aryl methyl sites for hydroxylation is 1. The average Bonchev–Trinajstić information content (AvgIpc) is 2.98. The van der Waals surface area contributed by atoms with E-state index in [4.69, 9.17) is 0 Å². The smallest absolute Gasteiger partial charge is 0.255 e. The summed E-state index contributed by atoms with van der Waals surface area (Å²) in [5.74, 6) is 0.242. The summed E-state index contributed by atoms with van der Waals surface area (Å²) < 4.78 is 13.2. The van der Waals surface area contributed by atoms with E-state index < -0.39 is 0 Å². The summed E-state index contributed by atoms with van der Waals surface area (Å²) in [7, 11) is 0. The molecule has 1 aliphatic heterocycles. The molecule has 0 spiro atoms. The minimum atomic E-state index is -0.263. The summed E-state index contributed by atoms with van der Waals surface area (Å²) in [5, 5.41) is 5.30. The number of likely N-dealkylation sites (tertiary alicyclic amines) is 1. The van der Waals surface area contributed by atoms with Crippen molar-refractivity contribution in [2.24, 2.45) is 0 Å². The van der Waals surface area contributed by atoms with Crippen LogP contribution in [-0.4, -0.2) is 23.9 Å². The lowest BCUT2D eigenvalue weighted by atomic mass is 9.89. The molecule has 3 nitrogen and oxygen atoms in total. The van der Waals surface area contributed by atoms with Crippen molar-refractivity contribution in [1.29, 1.82) is 0 Å². The number of nitrogens with zero attached hydrogens (tertiary/aromatic N) is 1. The van der Waals surface area contributed by atoms with E-state index in [9.17, 15) is 9.18 Å². The van der Waals surface area contributed by atoms with E-state index >= 15 is 0 Å². The Kier molecular flexibility index (Phi) is 7.43. The molecule has 1 fully saturated rings. The molecule has 0 atom stereocenters. The van der Waals surface area contributed by atoms with Gasteiger partial charge in [-0.1, -0.05) is 72.3 Å². The van der Waals surface area contributed by atoms with Crippen LogP contribution < -0.4 is 5.32 Å². The fourth-order valence-electron chi connectivity index (χ4n) is 5.65. The topological polar surface area (TPSA) is 32.3 Å². The summed E-state index contributed by atoms with van der Waals surface area (Å²) in [6, 6.07) is 35.4. The molecule has 200 valence electrons. The largest absolute Gasteiger partial charge is 0.322 e.